The Morgan fingerprint density at radius 3 is 2.81 bits per heavy atom. The molecule has 2 N–H and O–H groups in total. The minimum atomic E-state index is -0.558. The van der Waals surface area contributed by atoms with Crippen LogP contribution in [-0.2, 0) is 24.3 Å². The normalized spacial score (nSPS) is 15.2. The molecule has 1 atom stereocenters. The van der Waals surface area contributed by atoms with E-state index in [-0.39, 0.29) is 24.3 Å². The van der Waals surface area contributed by atoms with Crippen molar-refractivity contribution in [3.8, 4) is 0 Å². The van der Waals surface area contributed by atoms with Gasteiger partial charge >= 0.3 is 0 Å². The quantitative estimate of drug-likeness (QED) is 0.889. The Morgan fingerprint density at radius 1 is 1.31 bits per heavy atom. The minimum absolute atomic E-state index is 0.0761. The van der Waals surface area contributed by atoms with Gasteiger partial charge in [-0.2, -0.15) is 0 Å². The van der Waals surface area contributed by atoms with Crippen LogP contribution in [0.3, 0.4) is 0 Å². The molecular weight excluding hydrogens is 338 g/mol. The zero-order valence-electron chi connectivity index (χ0n) is 15.1. The van der Waals surface area contributed by atoms with Crippen LogP contribution in [0, 0.1) is 11.6 Å². The summed E-state index contributed by atoms with van der Waals surface area (Å²) in [5.41, 5.74) is 7.23. The molecule has 0 bridgehead atoms. The topological polar surface area (TPSA) is 64.2 Å². The van der Waals surface area contributed by atoms with Crippen molar-refractivity contribution >= 4 is 5.91 Å². The maximum absolute atomic E-state index is 13.7. The molecule has 7 heteroatoms. The van der Waals surface area contributed by atoms with Crippen molar-refractivity contribution < 1.29 is 13.6 Å². The Balaban J connectivity index is 1.60. The Hall–Kier alpha value is -2.28. The third-order valence-electron chi connectivity index (χ3n) is 4.71. The van der Waals surface area contributed by atoms with Crippen LogP contribution in [0.15, 0.2) is 24.4 Å². The predicted molar refractivity (Wildman–Crippen MR) is 94.4 cm³/mol. The smallest absolute Gasteiger partial charge is 0.224 e. The van der Waals surface area contributed by atoms with Gasteiger partial charge in [-0.05, 0) is 30.2 Å². The molecule has 1 amide bonds. The molecule has 0 fully saturated rings. The van der Waals surface area contributed by atoms with Crippen molar-refractivity contribution in [1.29, 1.82) is 0 Å². The highest BCUT2D eigenvalue weighted by Crippen LogP contribution is 2.21. The highest BCUT2D eigenvalue weighted by atomic mass is 19.1. The molecule has 1 aliphatic rings. The van der Waals surface area contributed by atoms with Crippen molar-refractivity contribution in [2.45, 2.75) is 51.7 Å². The van der Waals surface area contributed by atoms with E-state index in [4.69, 9.17) is 5.73 Å². The van der Waals surface area contributed by atoms with Crippen LogP contribution in [0.5, 0.6) is 0 Å². The third-order valence-corrected chi connectivity index (χ3v) is 4.71. The first kappa shape index (κ1) is 18.5. The van der Waals surface area contributed by atoms with Gasteiger partial charge in [0.25, 0.3) is 0 Å². The first-order chi connectivity index (χ1) is 12.3. The number of hydrogen-bond donors (Lipinski definition) is 1. The molecule has 0 saturated heterocycles. The number of halogens is 2. The fourth-order valence-electron chi connectivity index (χ4n) is 3.39. The number of rotatable bonds is 5. The molecule has 1 aromatic heterocycles. The van der Waals surface area contributed by atoms with Crippen molar-refractivity contribution in [2.24, 2.45) is 5.73 Å². The van der Waals surface area contributed by atoms with Crippen LogP contribution in [0.2, 0.25) is 0 Å². The van der Waals surface area contributed by atoms with Crippen LogP contribution in [0.25, 0.3) is 0 Å². The second-order valence-corrected chi connectivity index (χ2v) is 7.13. The summed E-state index contributed by atoms with van der Waals surface area (Å²) in [6.07, 6.45) is 2.04. The number of carbonyl (C=O) groups is 1. The number of nitrogens with two attached hydrogens (primary N) is 1. The van der Waals surface area contributed by atoms with Crippen LogP contribution < -0.4 is 5.73 Å². The standard InChI is InChI=1S/C19H24F2N4O/c1-12(2)19-23-10-16-11-24(5-6-25(16)19)18(26)9-15(22)8-13-7-14(20)3-4-17(13)21/h3-4,7,10,12,15H,5-6,8-9,11,22H2,1-2H3/t15-/m1/s1. The van der Waals surface area contributed by atoms with E-state index >= 15 is 0 Å². The van der Waals surface area contributed by atoms with Gasteiger partial charge in [-0.1, -0.05) is 13.8 Å². The maximum atomic E-state index is 13.7. The summed E-state index contributed by atoms with van der Waals surface area (Å²) in [5, 5.41) is 0. The molecule has 2 heterocycles. The Morgan fingerprint density at radius 2 is 2.08 bits per heavy atom. The van der Waals surface area contributed by atoms with Gasteiger partial charge in [0.2, 0.25) is 5.91 Å². The lowest BCUT2D eigenvalue weighted by Crippen LogP contribution is -2.41. The summed E-state index contributed by atoms with van der Waals surface area (Å²) in [7, 11) is 0. The van der Waals surface area contributed by atoms with Gasteiger partial charge in [-0.3, -0.25) is 4.79 Å². The van der Waals surface area contributed by atoms with Gasteiger partial charge < -0.3 is 15.2 Å². The Kier molecular flexibility index (Phi) is 5.36. The number of nitrogens with zero attached hydrogens (tertiary/aromatic N) is 3. The number of hydrogen-bond acceptors (Lipinski definition) is 3. The average Bonchev–Trinajstić information content (AvgIpc) is 3.01. The molecule has 26 heavy (non-hydrogen) atoms. The molecule has 3 rings (SSSR count). The fraction of sp³-hybridized carbons (Fsp3) is 0.474. The van der Waals surface area contributed by atoms with Crippen LogP contribution in [-0.4, -0.2) is 32.9 Å². The Labute approximate surface area is 151 Å². The SMILES string of the molecule is CC(C)c1ncc2n1CCN(C(=O)C[C@H](N)Cc1cc(F)ccc1F)C2. The van der Waals surface area contributed by atoms with E-state index in [0.717, 1.165) is 29.7 Å². The monoisotopic (exact) mass is 362 g/mol. The molecule has 0 spiro atoms. The van der Waals surface area contributed by atoms with Crippen molar-refractivity contribution in [3.05, 3.63) is 53.1 Å². The molecule has 1 aliphatic heterocycles. The van der Waals surface area contributed by atoms with Crippen molar-refractivity contribution in [2.75, 3.05) is 6.54 Å². The first-order valence-corrected chi connectivity index (χ1v) is 8.86. The number of amides is 1. The van der Waals surface area contributed by atoms with E-state index in [1.165, 1.54) is 0 Å². The highest BCUT2D eigenvalue weighted by Gasteiger charge is 2.25. The molecule has 0 aliphatic carbocycles. The number of benzene rings is 1. The number of carbonyl (C=O) groups excluding carboxylic acids is 1. The summed E-state index contributed by atoms with van der Waals surface area (Å²) < 4.78 is 29.2. The van der Waals surface area contributed by atoms with Crippen molar-refractivity contribution in [1.82, 2.24) is 14.5 Å². The summed E-state index contributed by atoms with van der Waals surface area (Å²) in [6, 6.07) is 2.72. The average molecular weight is 362 g/mol. The summed E-state index contributed by atoms with van der Waals surface area (Å²) >= 11 is 0. The molecule has 2 aromatic rings. The van der Waals surface area contributed by atoms with Gasteiger partial charge in [-0.25, -0.2) is 13.8 Å². The van der Waals surface area contributed by atoms with Crippen LogP contribution in [0.4, 0.5) is 8.78 Å². The number of aromatic nitrogens is 2. The van der Waals surface area contributed by atoms with Crippen molar-refractivity contribution in [3.63, 3.8) is 0 Å². The molecular formula is C19H24F2N4O. The summed E-state index contributed by atoms with van der Waals surface area (Å²) in [4.78, 5) is 18.8. The first-order valence-electron chi connectivity index (χ1n) is 8.86. The predicted octanol–water partition coefficient (Wildman–Crippen LogP) is 2.59. The zero-order valence-corrected chi connectivity index (χ0v) is 15.1. The lowest BCUT2D eigenvalue weighted by Gasteiger charge is -2.30. The van der Waals surface area contributed by atoms with Crippen LogP contribution >= 0.6 is 0 Å². The fourth-order valence-corrected chi connectivity index (χ4v) is 3.39. The lowest BCUT2D eigenvalue weighted by atomic mass is 10.0. The molecule has 140 valence electrons. The summed E-state index contributed by atoms with van der Waals surface area (Å²) in [6.45, 7) is 6.00. The van der Waals surface area contributed by atoms with Gasteiger partial charge in [-0.15, -0.1) is 0 Å². The largest absolute Gasteiger partial charge is 0.335 e. The van der Waals surface area contributed by atoms with Gasteiger partial charge in [0.1, 0.15) is 17.5 Å². The van der Waals surface area contributed by atoms with Gasteiger partial charge in [0.05, 0.1) is 18.4 Å². The molecule has 1 aromatic carbocycles. The van der Waals surface area contributed by atoms with E-state index < -0.39 is 17.7 Å². The minimum Gasteiger partial charge on any atom is -0.335 e. The summed E-state index contributed by atoms with van der Waals surface area (Å²) in [5.74, 6) is 0.279. The number of imidazole rings is 1. The number of fused-ring (bicyclic) bond motifs is 1. The van der Waals surface area contributed by atoms with Crippen LogP contribution in [0.1, 0.15) is 43.3 Å². The van der Waals surface area contributed by atoms with Gasteiger partial charge in [0.15, 0.2) is 0 Å². The second kappa shape index (κ2) is 7.53. The van der Waals surface area contributed by atoms with E-state index in [0.29, 0.717) is 25.6 Å². The highest BCUT2D eigenvalue weighted by molar-refractivity contribution is 5.77. The third kappa shape index (κ3) is 3.93. The zero-order chi connectivity index (χ0) is 18.8. The molecule has 0 saturated carbocycles. The van der Waals surface area contributed by atoms with E-state index in [2.05, 4.69) is 23.4 Å². The molecule has 5 nitrogen and oxygen atoms in total. The maximum Gasteiger partial charge on any atom is 0.224 e. The van der Waals surface area contributed by atoms with E-state index in [1.807, 2.05) is 6.20 Å². The van der Waals surface area contributed by atoms with E-state index in [9.17, 15) is 13.6 Å². The molecule has 0 unspecified atom stereocenters. The molecule has 0 radical (unpaired) electrons. The Bertz CT molecular complexity index is 803. The second-order valence-electron chi connectivity index (χ2n) is 7.13. The lowest BCUT2D eigenvalue weighted by molar-refractivity contribution is -0.133. The van der Waals surface area contributed by atoms with Gasteiger partial charge in [0, 0.05) is 31.5 Å². The van der Waals surface area contributed by atoms with E-state index in [1.54, 1.807) is 4.90 Å².